The number of piperazine rings is 1. The van der Waals surface area contributed by atoms with Crippen molar-refractivity contribution in [2.24, 2.45) is 0 Å². The normalized spacial score (nSPS) is 16.8. The summed E-state index contributed by atoms with van der Waals surface area (Å²) in [4.78, 5) is 23.2. The predicted molar refractivity (Wildman–Crippen MR) is 153 cm³/mol. The molecule has 2 aromatic carbocycles. The number of nitrogens with zero attached hydrogens (tertiary/aromatic N) is 3. The smallest absolute Gasteiger partial charge is 0.301 e. The molecule has 0 aliphatic carbocycles. The summed E-state index contributed by atoms with van der Waals surface area (Å²) in [5.74, 6) is -3.27. The molecule has 0 amide bonds. The van der Waals surface area contributed by atoms with Gasteiger partial charge in [0.2, 0.25) is 5.78 Å². The summed E-state index contributed by atoms with van der Waals surface area (Å²) in [5, 5.41) is 3.75. The number of anilines is 1. The van der Waals surface area contributed by atoms with E-state index in [1.54, 1.807) is 12.3 Å². The maximum atomic E-state index is 15.5. The Kier molecular flexibility index (Phi) is 7.56. The molecule has 2 saturated heterocycles. The first-order valence-corrected chi connectivity index (χ1v) is 15.0. The van der Waals surface area contributed by atoms with Crippen molar-refractivity contribution in [2.45, 2.75) is 19.4 Å². The van der Waals surface area contributed by atoms with Gasteiger partial charge in [0.25, 0.3) is 0 Å². The number of H-pyrrole nitrogens is 1. The highest BCUT2D eigenvalue weighted by Gasteiger charge is 2.29. The van der Waals surface area contributed by atoms with Crippen molar-refractivity contribution >= 4 is 32.7 Å². The molecule has 2 aliphatic rings. The second-order valence-electron chi connectivity index (χ2n) is 10.4. The molecule has 0 atom stereocenters. The summed E-state index contributed by atoms with van der Waals surface area (Å²) in [5.41, 5.74) is 1.91. The number of ketones is 1. The summed E-state index contributed by atoms with van der Waals surface area (Å²) in [6, 6.07) is 11.7. The Morgan fingerprint density at radius 1 is 0.976 bits per heavy atom. The van der Waals surface area contributed by atoms with Crippen molar-refractivity contribution in [3.63, 3.8) is 0 Å². The lowest BCUT2D eigenvalue weighted by Gasteiger charge is -2.27. The molecule has 4 heterocycles. The molecular weight excluding hydrogens is 550 g/mol. The summed E-state index contributed by atoms with van der Waals surface area (Å²) in [6.07, 6.45) is 4.44. The fraction of sp³-hybridized carbons (Fsp3) is 0.310. The van der Waals surface area contributed by atoms with Gasteiger partial charge in [-0.25, -0.2) is 13.8 Å². The van der Waals surface area contributed by atoms with Crippen LogP contribution in [0.1, 0.15) is 34.3 Å². The van der Waals surface area contributed by atoms with E-state index in [9.17, 15) is 17.6 Å². The molecule has 0 bridgehead atoms. The number of aromatic nitrogens is 2. The molecule has 214 valence electrons. The Morgan fingerprint density at radius 3 is 2.44 bits per heavy atom. The van der Waals surface area contributed by atoms with E-state index in [-0.39, 0.29) is 5.56 Å². The van der Waals surface area contributed by atoms with Gasteiger partial charge in [-0.2, -0.15) is 12.7 Å². The third-order valence-electron chi connectivity index (χ3n) is 7.64. The standard InChI is InChI=1S/C29H30F2N6O3S/c30-24-7-8-25(35-41(39,40)37-11-1-2-12-37)27(31)26(24)28(38)23-17-34-29-22(23)15-21(16-33-29)20-5-3-19(4-6-20)18-36-13-9-32-10-14-36/h3-8,15-17,32,35H,1-2,9-14,18H2,(H,33,34). The molecule has 0 spiro atoms. The van der Waals surface area contributed by atoms with Crippen LogP contribution in [0.3, 0.4) is 0 Å². The van der Waals surface area contributed by atoms with E-state index in [1.807, 2.05) is 12.1 Å². The van der Waals surface area contributed by atoms with Crippen LogP contribution in [-0.4, -0.2) is 72.6 Å². The molecule has 0 unspecified atom stereocenters. The quantitative estimate of drug-likeness (QED) is 0.273. The number of aromatic amines is 1. The van der Waals surface area contributed by atoms with Crippen LogP contribution in [0.25, 0.3) is 22.2 Å². The zero-order valence-electron chi connectivity index (χ0n) is 22.3. The molecule has 0 radical (unpaired) electrons. The van der Waals surface area contributed by atoms with Crippen LogP contribution in [-0.2, 0) is 16.8 Å². The van der Waals surface area contributed by atoms with E-state index in [4.69, 9.17) is 0 Å². The Balaban J connectivity index is 1.28. The second kappa shape index (κ2) is 11.3. The molecule has 6 rings (SSSR count). The van der Waals surface area contributed by atoms with Gasteiger partial charge in [-0.3, -0.25) is 14.4 Å². The number of pyridine rings is 1. The van der Waals surface area contributed by atoms with Crippen LogP contribution in [0, 0.1) is 11.6 Å². The maximum absolute atomic E-state index is 15.5. The summed E-state index contributed by atoms with van der Waals surface area (Å²) < 4.78 is 59.1. The van der Waals surface area contributed by atoms with Gasteiger partial charge in [-0.15, -0.1) is 0 Å². The minimum atomic E-state index is -4.04. The van der Waals surface area contributed by atoms with E-state index in [2.05, 4.69) is 37.0 Å². The second-order valence-corrected chi connectivity index (χ2v) is 12.0. The van der Waals surface area contributed by atoms with Gasteiger partial charge in [0, 0.05) is 74.7 Å². The van der Waals surface area contributed by atoms with E-state index in [0.717, 1.165) is 56.0 Å². The number of carbonyl (C=O) groups excluding carboxylic acids is 1. The van der Waals surface area contributed by atoms with Gasteiger partial charge in [0.15, 0.2) is 5.82 Å². The number of rotatable bonds is 8. The molecule has 2 aromatic heterocycles. The van der Waals surface area contributed by atoms with Crippen molar-refractivity contribution in [2.75, 3.05) is 44.0 Å². The van der Waals surface area contributed by atoms with Gasteiger partial charge in [0.05, 0.1) is 11.3 Å². The topological polar surface area (TPSA) is 110 Å². The van der Waals surface area contributed by atoms with Gasteiger partial charge in [0.1, 0.15) is 11.5 Å². The summed E-state index contributed by atoms with van der Waals surface area (Å²) >= 11 is 0. The van der Waals surface area contributed by atoms with Crippen molar-refractivity contribution in [3.8, 4) is 11.1 Å². The van der Waals surface area contributed by atoms with Crippen molar-refractivity contribution in [3.05, 3.63) is 83.2 Å². The summed E-state index contributed by atoms with van der Waals surface area (Å²) in [7, 11) is -4.04. The molecule has 9 nitrogen and oxygen atoms in total. The molecule has 2 fully saturated rings. The number of carbonyl (C=O) groups is 1. The third kappa shape index (κ3) is 5.60. The van der Waals surface area contributed by atoms with Gasteiger partial charge in [-0.05, 0) is 42.2 Å². The van der Waals surface area contributed by atoms with E-state index >= 15 is 4.39 Å². The molecule has 0 saturated carbocycles. The number of halogens is 2. The third-order valence-corrected chi connectivity index (χ3v) is 9.16. The highest BCUT2D eigenvalue weighted by molar-refractivity contribution is 7.90. The number of hydrogen-bond acceptors (Lipinski definition) is 6. The largest absolute Gasteiger partial charge is 0.345 e. The van der Waals surface area contributed by atoms with Crippen LogP contribution in [0.4, 0.5) is 14.5 Å². The van der Waals surface area contributed by atoms with Crippen LogP contribution in [0.2, 0.25) is 0 Å². The molecule has 4 aromatic rings. The average Bonchev–Trinajstić information content (AvgIpc) is 3.67. The van der Waals surface area contributed by atoms with E-state index in [0.29, 0.717) is 37.0 Å². The van der Waals surface area contributed by atoms with Crippen LogP contribution in [0.15, 0.2) is 54.9 Å². The lowest BCUT2D eigenvalue weighted by molar-refractivity contribution is 0.103. The first kappa shape index (κ1) is 27.5. The van der Waals surface area contributed by atoms with Crippen LogP contribution >= 0.6 is 0 Å². The Hall–Kier alpha value is -3.71. The zero-order chi connectivity index (χ0) is 28.6. The SMILES string of the molecule is O=C(c1c(F)ccc(NS(=O)(=O)N2CCCC2)c1F)c1c[nH]c2ncc(-c3ccc(CN4CCNCC4)cc3)cc12. The number of hydrogen-bond donors (Lipinski definition) is 3. The maximum Gasteiger partial charge on any atom is 0.301 e. The lowest BCUT2D eigenvalue weighted by Crippen LogP contribution is -2.42. The van der Waals surface area contributed by atoms with Gasteiger partial charge < -0.3 is 10.3 Å². The number of nitrogens with one attached hydrogen (secondary N) is 3. The molecular formula is C29H30F2N6O3S. The van der Waals surface area contributed by atoms with Crippen molar-refractivity contribution < 1.29 is 22.0 Å². The highest BCUT2D eigenvalue weighted by atomic mass is 32.2. The zero-order valence-corrected chi connectivity index (χ0v) is 23.1. The molecule has 12 heteroatoms. The molecule has 2 aliphatic heterocycles. The summed E-state index contributed by atoms with van der Waals surface area (Å²) in [6.45, 7) is 5.45. The van der Waals surface area contributed by atoms with Gasteiger partial charge >= 0.3 is 10.2 Å². The molecule has 41 heavy (non-hydrogen) atoms. The molecule has 3 N–H and O–H groups in total. The fourth-order valence-electron chi connectivity index (χ4n) is 5.39. The Morgan fingerprint density at radius 2 is 1.71 bits per heavy atom. The van der Waals surface area contributed by atoms with E-state index in [1.165, 1.54) is 16.1 Å². The van der Waals surface area contributed by atoms with Crippen molar-refractivity contribution in [1.29, 1.82) is 0 Å². The Bertz CT molecular complexity index is 1700. The first-order valence-electron chi connectivity index (χ1n) is 13.6. The van der Waals surface area contributed by atoms with Crippen LogP contribution in [0.5, 0.6) is 0 Å². The van der Waals surface area contributed by atoms with Crippen molar-refractivity contribution in [1.82, 2.24) is 24.5 Å². The number of benzene rings is 2. The van der Waals surface area contributed by atoms with E-state index < -0.39 is 38.9 Å². The monoisotopic (exact) mass is 580 g/mol. The Labute approximate surface area is 236 Å². The minimum absolute atomic E-state index is 0.0297. The first-order chi connectivity index (χ1) is 19.8. The minimum Gasteiger partial charge on any atom is -0.345 e. The lowest BCUT2D eigenvalue weighted by atomic mass is 9.99. The fourth-order valence-corrected chi connectivity index (χ4v) is 6.69. The average molecular weight is 581 g/mol. The van der Waals surface area contributed by atoms with Gasteiger partial charge in [-0.1, -0.05) is 24.3 Å². The predicted octanol–water partition coefficient (Wildman–Crippen LogP) is 3.90. The highest BCUT2D eigenvalue weighted by Crippen LogP contribution is 2.30. The van der Waals surface area contributed by atoms with Crippen LogP contribution < -0.4 is 10.0 Å². The number of fused-ring (bicyclic) bond motifs is 1.